The number of carbonyl (C=O) groups excluding carboxylic acids is 1. The van der Waals surface area contributed by atoms with E-state index in [4.69, 9.17) is 27.9 Å². The number of hydrogen-bond donors (Lipinski definition) is 3. The van der Waals surface area contributed by atoms with Crippen LogP contribution in [-0.4, -0.2) is 44.7 Å². The molecule has 8 nitrogen and oxygen atoms in total. The third-order valence-corrected chi connectivity index (χ3v) is 6.16. The van der Waals surface area contributed by atoms with Gasteiger partial charge in [0.15, 0.2) is 5.65 Å². The second-order valence-corrected chi connectivity index (χ2v) is 8.71. The second-order valence-electron chi connectivity index (χ2n) is 7.89. The van der Waals surface area contributed by atoms with E-state index in [1.807, 2.05) is 0 Å². The number of ether oxygens (including phenoxy) is 1. The maximum absolute atomic E-state index is 13.0. The van der Waals surface area contributed by atoms with Crippen molar-refractivity contribution in [2.24, 2.45) is 5.92 Å². The van der Waals surface area contributed by atoms with Crippen LogP contribution < -0.4 is 15.4 Å². The number of H-pyrrole nitrogens is 1. The Hall–Kier alpha value is -2.79. The molecule has 1 aliphatic rings. The van der Waals surface area contributed by atoms with E-state index in [1.165, 1.54) is 18.5 Å². The summed E-state index contributed by atoms with van der Waals surface area (Å²) in [7, 11) is 0. The molecule has 1 fully saturated rings. The first-order valence-corrected chi connectivity index (χ1v) is 11.4. The Labute approximate surface area is 202 Å². The first-order chi connectivity index (χ1) is 16.2. The fraction of sp³-hybridized carbons (Fsp3) is 0.429. The average Bonchev–Trinajstić information content (AvgIpc) is 3.17. The number of rotatable bonds is 6. The Morgan fingerprint density at radius 1 is 1.18 bits per heavy atom. The van der Waals surface area contributed by atoms with Crippen molar-refractivity contribution in [3.8, 4) is 5.88 Å². The van der Waals surface area contributed by atoms with Gasteiger partial charge in [-0.3, -0.25) is 9.78 Å². The first-order valence-electron chi connectivity index (χ1n) is 10.6. The van der Waals surface area contributed by atoms with Crippen LogP contribution in [0.5, 0.6) is 5.88 Å². The SMILES string of the molecule is CCOc1nc2[nH]c(Nc3c(Cl)cncc3Cl)nc2cc1C(=O)NC1CCC(C(F)(F)F)CC1. The average molecular weight is 517 g/mol. The van der Waals surface area contributed by atoms with Crippen LogP contribution >= 0.6 is 23.2 Å². The Morgan fingerprint density at radius 3 is 2.47 bits per heavy atom. The van der Waals surface area contributed by atoms with Gasteiger partial charge in [0.1, 0.15) is 11.1 Å². The Morgan fingerprint density at radius 2 is 1.85 bits per heavy atom. The number of imidazole rings is 1. The summed E-state index contributed by atoms with van der Waals surface area (Å²) >= 11 is 12.3. The number of amides is 1. The smallest absolute Gasteiger partial charge is 0.391 e. The number of aromatic amines is 1. The third kappa shape index (κ3) is 5.30. The van der Waals surface area contributed by atoms with Crippen LogP contribution in [0.2, 0.25) is 10.0 Å². The molecular weight excluding hydrogens is 496 g/mol. The third-order valence-electron chi connectivity index (χ3n) is 5.58. The van der Waals surface area contributed by atoms with Gasteiger partial charge in [0.2, 0.25) is 11.8 Å². The molecule has 3 heterocycles. The van der Waals surface area contributed by atoms with Crippen molar-refractivity contribution in [1.29, 1.82) is 0 Å². The van der Waals surface area contributed by atoms with Gasteiger partial charge in [-0.05, 0) is 38.7 Å². The number of pyridine rings is 2. The summed E-state index contributed by atoms with van der Waals surface area (Å²) in [5.74, 6) is -1.43. The number of nitrogens with one attached hydrogen (secondary N) is 3. The zero-order valence-corrected chi connectivity index (χ0v) is 19.5. The predicted octanol–water partition coefficient (Wildman–Crippen LogP) is 5.65. The molecule has 1 amide bonds. The summed E-state index contributed by atoms with van der Waals surface area (Å²) < 4.78 is 44.3. The molecule has 0 aliphatic heterocycles. The van der Waals surface area contributed by atoms with Crippen molar-refractivity contribution in [1.82, 2.24) is 25.3 Å². The molecule has 0 unspecified atom stereocenters. The summed E-state index contributed by atoms with van der Waals surface area (Å²) in [5, 5.41) is 6.36. The van der Waals surface area contributed by atoms with Crippen molar-refractivity contribution in [2.75, 3.05) is 11.9 Å². The van der Waals surface area contributed by atoms with E-state index in [2.05, 4.69) is 30.6 Å². The summed E-state index contributed by atoms with van der Waals surface area (Å²) in [6.07, 6.45) is -0.887. The first kappa shape index (κ1) is 24.3. The monoisotopic (exact) mass is 516 g/mol. The number of hydrogen-bond acceptors (Lipinski definition) is 6. The minimum Gasteiger partial charge on any atom is -0.477 e. The molecule has 0 spiro atoms. The van der Waals surface area contributed by atoms with E-state index in [0.717, 1.165) is 0 Å². The molecule has 0 aromatic carbocycles. The van der Waals surface area contributed by atoms with Crippen LogP contribution in [0, 0.1) is 5.92 Å². The van der Waals surface area contributed by atoms with Crippen LogP contribution in [0.15, 0.2) is 18.5 Å². The molecule has 3 aromatic rings. The molecule has 13 heteroatoms. The van der Waals surface area contributed by atoms with Gasteiger partial charge in [-0.1, -0.05) is 23.2 Å². The fourth-order valence-corrected chi connectivity index (χ4v) is 4.33. The summed E-state index contributed by atoms with van der Waals surface area (Å²) in [4.78, 5) is 28.6. The van der Waals surface area contributed by atoms with Crippen molar-refractivity contribution < 1.29 is 22.7 Å². The minimum absolute atomic E-state index is 0.0153. The van der Waals surface area contributed by atoms with Gasteiger partial charge >= 0.3 is 6.18 Å². The van der Waals surface area contributed by atoms with E-state index in [9.17, 15) is 18.0 Å². The number of alkyl halides is 3. The van der Waals surface area contributed by atoms with Crippen LogP contribution in [0.25, 0.3) is 11.2 Å². The Kier molecular flexibility index (Phi) is 7.04. The molecule has 4 rings (SSSR count). The lowest BCUT2D eigenvalue weighted by Gasteiger charge is -2.30. The highest BCUT2D eigenvalue weighted by atomic mass is 35.5. The number of nitrogens with zero attached hydrogens (tertiary/aromatic N) is 3. The van der Waals surface area contributed by atoms with Crippen molar-refractivity contribution in [2.45, 2.75) is 44.8 Å². The van der Waals surface area contributed by atoms with Crippen LogP contribution in [0.3, 0.4) is 0 Å². The van der Waals surface area contributed by atoms with Crippen molar-refractivity contribution in [3.05, 3.63) is 34.1 Å². The van der Waals surface area contributed by atoms with Crippen LogP contribution in [0.4, 0.5) is 24.8 Å². The lowest BCUT2D eigenvalue weighted by Crippen LogP contribution is -2.40. The number of aromatic nitrogens is 4. The lowest BCUT2D eigenvalue weighted by molar-refractivity contribution is -0.182. The van der Waals surface area contributed by atoms with E-state index in [1.54, 1.807) is 6.92 Å². The zero-order chi connectivity index (χ0) is 24.5. The van der Waals surface area contributed by atoms with Gasteiger partial charge in [0, 0.05) is 18.4 Å². The normalized spacial score (nSPS) is 18.6. The van der Waals surface area contributed by atoms with Gasteiger partial charge < -0.3 is 20.4 Å². The molecule has 182 valence electrons. The zero-order valence-electron chi connectivity index (χ0n) is 18.0. The maximum atomic E-state index is 13.0. The van der Waals surface area contributed by atoms with Gasteiger partial charge in [-0.15, -0.1) is 0 Å². The highest BCUT2D eigenvalue weighted by molar-refractivity contribution is 6.39. The van der Waals surface area contributed by atoms with E-state index >= 15 is 0 Å². The maximum Gasteiger partial charge on any atom is 0.391 e. The summed E-state index contributed by atoms with van der Waals surface area (Å²) in [6.45, 7) is 2.01. The van der Waals surface area contributed by atoms with Gasteiger partial charge in [-0.25, -0.2) is 4.98 Å². The molecule has 34 heavy (non-hydrogen) atoms. The van der Waals surface area contributed by atoms with Crippen molar-refractivity contribution >= 4 is 51.9 Å². The quantitative estimate of drug-likeness (QED) is 0.390. The fourth-order valence-electron chi connectivity index (χ4n) is 3.87. The number of halogens is 5. The predicted molar refractivity (Wildman–Crippen MR) is 122 cm³/mol. The molecule has 1 saturated carbocycles. The van der Waals surface area contributed by atoms with Gasteiger partial charge in [-0.2, -0.15) is 18.2 Å². The molecular formula is C21H21Cl2F3N6O2. The van der Waals surface area contributed by atoms with E-state index < -0.39 is 18.0 Å². The largest absolute Gasteiger partial charge is 0.477 e. The molecule has 0 saturated heterocycles. The standard InChI is InChI=1S/C21H21Cl2F3N6O2/c1-2-34-19-12(18(33)28-11-5-3-10(4-6-11)21(24,25)26)7-15-17(31-19)32-20(29-15)30-16-13(22)8-27-9-14(16)23/h7-11H,2-6H2,1H3,(H,28,33)(H2,27,29,30,31,32). The molecule has 0 atom stereocenters. The topological polar surface area (TPSA) is 105 Å². The van der Waals surface area contributed by atoms with Crippen LogP contribution in [0.1, 0.15) is 43.0 Å². The molecule has 3 N–H and O–H groups in total. The van der Waals surface area contributed by atoms with Crippen LogP contribution in [-0.2, 0) is 0 Å². The minimum atomic E-state index is -4.21. The Balaban J connectivity index is 1.55. The second kappa shape index (κ2) is 9.83. The number of fused-ring (bicyclic) bond motifs is 1. The highest BCUT2D eigenvalue weighted by Gasteiger charge is 2.41. The van der Waals surface area contributed by atoms with Crippen molar-refractivity contribution in [3.63, 3.8) is 0 Å². The molecule has 0 radical (unpaired) electrons. The molecule has 0 bridgehead atoms. The molecule has 1 aliphatic carbocycles. The lowest BCUT2D eigenvalue weighted by atomic mass is 9.85. The summed E-state index contributed by atoms with van der Waals surface area (Å²) in [6, 6.07) is 1.16. The van der Waals surface area contributed by atoms with Gasteiger partial charge in [0.25, 0.3) is 5.91 Å². The number of anilines is 2. The molecule has 3 aromatic heterocycles. The van der Waals surface area contributed by atoms with E-state index in [0.29, 0.717) is 16.9 Å². The van der Waals surface area contributed by atoms with Gasteiger partial charge in [0.05, 0.1) is 28.3 Å². The number of carbonyl (C=O) groups is 1. The highest BCUT2D eigenvalue weighted by Crippen LogP contribution is 2.37. The summed E-state index contributed by atoms with van der Waals surface area (Å²) in [5.41, 5.74) is 1.27. The Bertz CT molecular complexity index is 1170. The van der Waals surface area contributed by atoms with E-state index in [-0.39, 0.29) is 65.8 Å².